The highest BCUT2D eigenvalue weighted by Gasteiger charge is 2.29. The molecule has 0 aromatic rings. The molecule has 1 aliphatic rings. The van der Waals surface area contributed by atoms with Crippen LogP contribution in [-0.2, 0) is 0 Å². The van der Waals surface area contributed by atoms with Crippen LogP contribution >= 0.6 is 0 Å². The molecule has 0 radical (unpaired) electrons. The Balaban J connectivity index is 2.47. The summed E-state index contributed by atoms with van der Waals surface area (Å²) in [4.78, 5) is 0. The number of nitrogens with one attached hydrogen (secondary N) is 1. The first-order chi connectivity index (χ1) is 7.26. The zero-order valence-electron chi connectivity index (χ0n) is 10.9. The molecule has 1 rings (SSSR count). The lowest BCUT2D eigenvalue weighted by Gasteiger charge is -2.37. The van der Waals surface area contributed by atoms with Crippen molar-refractivity contribution < 1.29 is 0 Å². The van der Waals surface area contributed by atoms with Gasteiger partial charge in [-0.1, -0.05) is 46.5 Å². The van der Waals surface area contributed by atoms with Gasteiger partial charge in [0.25, 0.3) is 0 Å². The van der Waals surface area contributed by atoms with Crippen molar-refractivity contribution in [3.05, 3.63) is 0 Å². The van der Waals surface area contributed by atoms with E-state index < -0.39 is 0 Å². The first kappa shape index (κ1) is 13.0. The lowest BCUT2D eigenvalue weighted by molar-refractivity contribution is 0.174. The van der Waals surface area contributed by atoms with Crippen LogP contribution in [0.1, 0.15) is 72.1 Å². The van der Waals surface area contributed by atoms with Crippen molar-refractivity contribution in [2.75, 3.05) is 6.54 Å². The molecule has 0 spiro atoms. The van der Waals surface area contributed by atoms with Crippen molar-refractivity contribution in [2.45, 2.75) is 78.2 Å². The Morgan fingerprint density at radius 1 is 1.13 bits per heavy atom. The number of hydrogen-bond acceptors (Lipinski definition) is 1. The third kappa shape index (κ3) is 3.79. The Hall–Kier alpha value is -0.0400. The van der Waals surface area contributed by atoms with Crippen LogP contribution in [0.3, 0.4) is 0 Å². The van der Waals surface area contributed by atoms with Crippen LogP contribution in [-0.4, -0.2) is 12.6 Å². The third-order valence-electron chi connectivity index (χ3n) is 4.37. The van der Waals surface area contributed by atoms with E-state index in [2.05, 4.69) is 26.1 Å². The molecule has 1 fully saturated rings. The maximum absolute atomic E-state index is 3.70. The SMILES string of the molecule is CCCC(CC)(CC)CC1CCCCN1. The van der Waals surface area contributed by atoms with Gasteiger partial charge in [0.2, 0.25) is 0 Å². The van der Waals surface area contributed by atoms with Crippen LogP contribution in [0.5, 0.6) is 0 Å². The Kier molecular flexibility index (Phi) is 5.66. The van der Waals surface area contributed by atoms with Gasteiger partial charge in [0.05, 0.1) is 0 Å². The largest absolute Gasteiger partial charge is 0.314 e. The molecule has 1 saturated heterocycles. The van der Waals surface area contributed by atoms with E-state index in [0.29, 0.717) is 5.41 Å². The smallest absolute Gasteiger partial charge is 0.00723 e. The summed E-state index contributed by atoms with van der Waals surface area (Å²) in [5.41, 5.74) is 0.629. The summed E-state index contributed by atoms with van der Waals surface area (Å²) in [6.45, 7) is 8.33. The molecule has 0 aliphatic carbocycles. The molecule has 90 valence electrons. The first-order valence-corrected chi connectivity index (χ1v) is 6.99. The summed E-state index contributed by atoms with van der Waals surface area (Å²) in [6.07, 6.45) is 11.1. The first-order valence-electron chi connectivity index (χ1n) is 6.99. The molecule has 0 saturated carbocycles. The Morgan fingerprint density at radius 2 is 1.87 bits per heavy atom. The van der Waals surface area contributed by atoms with E-state index in [0.717, 1.165) is 6.04 Å². The number of piperidine rings is 1. The van der Waals surface area contributed by atoms with Crippen molar-refractivity contribution in [1.82, 2.24) is 5.32 Å². The molecular formula is C14H29N. The third-order valence-corrected chi connectivity index (χ3v) is 4.37. The zero-order valence-corrected chi connectivity index (χ0v) is 10.9. The van der Waals surface area contributed by atoms with E-state index in [4.69, 9.17) is 0 Å². The maximum Gasteiger partial charge on any atom is 0.00723 e. The fourth-order valence-corrected chi connectivity index (χ4v) is 3.15. The van der Waals surface area contributed by atoms with Gasteiger partial charge in [0.1, 0.15) is 0 Å². The second kappa shape index (κ2) is 6.52. The number of hydrogen-bond donors (Lipinski definition) is 1. The summed E-state index contributed by atoms with van der Waals surface area (Å²) >= 11 is 0. The van der Waals surface area contributed by atoms with Gasteiger partial charge in [0, 0.05) is 6.04 Å². The van der Waals surface area contributed by atoms with E-state index >= 15 is 0 Å². The topological polar surface area (TPSA) is 12.0 Å². The normalized spacial score (nSPS) is 23.0. The van der Waals surface area contributed by atoms with Crippen LogP contribution in [0, 0.1) is 5.41 Å². The molecule has 0 aromatic carbocycles. The fraction of sp³-hybridized carbons (Fsp3) is 1.00. The van der Waals surface area contributed by atoms with E-state index in [1.54, 1.807) is 0 Å². The fourth-order valence-electron chi connectivity index (χ4n) is 3.15. The molecule has 1 unspecified atom stereocenters. The Labute approximate surface area is 96.0 Å². The molecule has 1 nitrogen and oxygen atoms in total. The molecule has 0 amide bonds. The van der Waals surface area contributed by atoms with Crippen LogP contribution in [0.15, 0.2) is 0 Å². The molecule has 1 heteroatoms. The van der Waals surface area contributed by atoms with Gasteiger partial charge in [-0.05, 0) is 37.6 Å². The maximum atomic E-state index is 3.70. The minimum absolute atomic E-state index is 0.629. The van der Waals surface area contributed by atoms with Crippen molar-refractivity contribution in [3.63, 3.8) is 0 Å². The van der Waals surface area contributed by atoms with E-state index in [1.807, 2.05) is 0 Å². The van der Waals surface area contributed by atoms with Crippen molar-refractivity contribution >= 4 is 0 Å². The monoisotopic (exact) mass is 211 g/mol. The predicted molar refractivity (Wildman–Crippen MR) is 68.2 cm³/mol. The summed E-state index contributed by atoms with van der Waals surface area (Å²) in [7, 11) is 0. The second-order valence-corrected chi connectivity index (χ2v) is 5.31. The molecule has 15 heavy (non-hydrogen) atoms. The van der Waals surface area contributed by atoms with Gasteiger partial charge in [-0.2, -0.15) is 0 Å². The minimum atomic E-state index is 0.629. The predicted octanol–water partition coefficient (Wildman–Crippen LogP) is 4.13. The summed E-state index contributed by atoms with van der Waals surface area (Å²) in [5, 5.41) is 3.70. The Bertz CT molecular complexity index is 155. The van der Waals surface area contributed by atoms with E-state index in [-0.39, 0.29) is 0 Å². The highest BCUT2D eigenvalue weighted by Crippen LogP contribution is 2.38. The lowest BCUT2D eigenvalue weighted by Crippen LogP contribution is -2.38. The highest BCUT2D eigenvalue weighted by molar-refractivity contribution is 4.84. The quantitative estimate of drug-likeness (QED) is 0.696. The number of rotatable bonds is 6. The van der Waals surface area contributed by atoms with Crippen molar-refractivity contribution in [2.24, 2.45) is 5.41 Å². The van der Waals surface area contributed by atoms with Crippen LogP contribution < -0.4 is 5.32 Å². The van der Waals surface area contributed by atoms with Gasteiger partial charge < -0.3 is 5.32 Å². The van der Waals surface area contributed by atoms with Gasteiger partial charge in [-0.3, -0.25) is 0 Å². The minimum Gasteiger partial charge on any atom is -0.314 e. The summed E-state index contributed by atoms with van der Waals surface area (Å²) in [6, 6.07) is 0.810. The summed E-state index contributed by atoms with van der Waals surface area (Å²) in [5.74, 6) is 0. The van der Waals surface area contributed by atoms with E-state index in [9.17, 15) is 0 Å². The standard InChI is InChI=1S/C14H29N/c1-4-10-14(5-2,6-3)12-13-9-7-8-11-15-13/h13,15H,4-12H2,1-3H3. The van der Waals surface area contributed by atoms with Crippen LogP contribution in [0.2, 0.25) is 0 Å². The molecule has 1 N–H and O–H groups in total. The van der Waals surface area contributed by atoms with Crippen molar-refractivity contribution in [1.29, 1.82) is 0 Å². The van der Waals surface area contributed by atoms with Crippen LogP contribution in [0.4, 0.5) is 0 Å². The molecule has 0 bridgehead atoms. The molecule has 1 heterocycles. The second-order valence-electron chi connectivity index (χ2n) is 5.31. The zero-order chi connectivity index (χ0) is 11.1. The highest BCUT2D eigenvalue weighted by atomic mass is 14.9. The molecule has 1 atom stereocenters. The summed E-state index contributed by atoms with van der Waals surface area (Å²) < 4.78 is 0. The van der Waals surface area contributed by atoms with Gasteiger partial charge >= 0.3 is 0 Å². The van der Waals surface area contributed by atoms with Crippen LogP contribution in [0.25, 0.3) is 0 Å². The molecule has 0 aromatic heterocycles. The van der Waals surface area contributed by atoms with Crippen molar-refractivity contribution in [3.8, 4) is 0 Å². The molecule has 1 aliphatic heterocycles. The van der Waals surface area contributed by atoms with Gasteiger partial charge in [-0.15, -0.1) is 0 Å². The van der Waals surface area contributed by atoms with Gasteiger partial charge in [-0.25, -0.2) is 0 Å². The average Bonchev–Trinajstić information content (AvgIpc) is 2.30. The Morgan fingerprint density at radius 3 is 2.33 bits per heavy atom. The van der Waals surface area contributed by atoms with E-state index in [1.165, 1.54) is 57.9 Å². The molecular weight excluding hydrogens is 182 g/mol. The average molecular weight is 211 g/mol. The van der Waals surface area contributed by atoms with Gasteiger partial charge in [0.15, 0.2) is 0 Å². The lowest BCUT2D eigenvalue weighted by atomic mass is 9.72.